The lowest BCUT2D eigenvalue weighted by Crippen LogP contribution is -2.62. The van der Waals surface area contributed by atoms with Crippen LogP contribution < -0.4 is 49.1 Å². The van der Waals surface area contributed by atoms with Crippen molar-refractivity contribution < 1.29 is 117 Å². The fourth-order valence-electron chi connectivity index (χ4n) is 10.8. The van der Waals surface area contributed by atoms with Crippen LogP contribution >= 0.6 is 0 Å². The number of nitrogens with two attached hydrogens (primary N) is 3. The standard InChI is InChI=1S/C62H115N9O24/c1-62(22-14-34-90-59(84)69-27-8-4-2-6-25-66-46(77)18-11-31-87-56-49(63)43(76)37-42(38-72)93-56,23-15-35-91-60(85)70-28-9-5-3-7-26-67-47(78)19-12-32-88-57-50(64)54(82)52(80)44(39-73)94-57)24-16-36-92-61(86)71-30-21-41(75)17-10-29-68-48(79)20-13-33-89-58-51(65)55(83)53(81)45(40-74)95-58/h42-45,49-58,72-74,76,80-83H,2-40,63-65H2,1H3,(H,66,77)(H,67,78)(H,68,79)(H,69,84)(H,70,85)(H,71,86). The summed E-state index contributed by atoms with van der Waals surface area (Å²) < 4.78 is 49.4. The SMILES string of the molecule is CC(CCCOC(=O)NCCCCCCNC(=O)CCCOC1OC(CO)CC(O)C1N)(CCCOC(=O)NCCCCCCNC(=O)CCCOC1OC(CO)C(O)C(O)C1N)CCCOC(=O)NCCC(=O)CCCNC(=O)CCCOC1OC(CO)C(O)C(O)C1N. The summed E-state index contributed by atoms with van der Waals surface area (Å²) in [6.07, 6.45) is -1.24. The number of carbonyl (C=O) groups is 7. The van der Waals surface area contributed by atoms with Gasteiger partial charge in [-0.2, -0.15) is 0 Å². The minimum absolute atomic E-state index is 0.0661. The van der Waals surface area contributed by atoms with Gasteiger partial charge in [0.1, 0.15) is 42.4 Å². The van der Waals surface area contributed by atoms with Gasteiger partial charge in [0.2, 0.25) is 17.7 Å². The van der Waals surface area contributed by atoms with Gasteiger partial charge in [0, 0.05) is 77.8 Å². The number of rotatable bonds is 51. The number of hydrogen-bond acceptors (Lipinski definition) is 27. The molecule has 0 aromatic heterocycles. The van der Waals surface area contributed by atoms with Crippen molar-refractivity contribution >= 4 is 41.8 Å². The predicted molar refractivity (Wildman–Crippen MR) is 340 cm³/mol. The summed E-state index contributed by atoms with van der Waals surface area (Å²) in [4.78, 5) is 87.0. The zero-order valence-electron chi connectivity index (χ0n) is 55.5. The summed E-state index contributed by atoms with van der Waals surface area (Å²) in [5.74, 6) is -0.639. The maximum absolute atomic E-state index is 12.5. The number of Topliss-reactive ketones (excluding diaryl/α,β-unsaturated/α-hetero) is 1. The molecule has 6 amide bonds. The van der Waals surface area contributed by atoms with E-state index in [2.05, 4.69) is 38.8 Å². The Morgan fingerprint density at radius 3 is 1.14 bits per heavy atom. The second-order valence-electron chi connectivity index (χ2n) is 24.8. The first kappa shape index (κ1) is 84.4. The van der Waals surface area contributed by atoms with E-state index in [-0.39, 0.29) is 127 Å². The van der Waals surface area contributed by atoms with Crippen LogP contribution in [0, 0.1) is 5.41 Å². The molecule has 15 atom stereocenters. The van der Waals surface area contributed by atoms with Gasteiger partial charge in [0.25, 0.3) is 0 Å². The molecule has 0 saturated carbocycles. The average molecular weight is 1370 g/mol. The molecule has 15 unspecified atom stereocenters. The topological polar surface area (TPSA) is 515 Å². The molecule has 0 spiro atoms. The second kappa shape index (κ2) is 49.7. The molecule has 3 rings (SSSR count). The van der Waals surface area contributed by atoms with Gasteiger partial charge in [-0.1, -0.05) is 32.6 Å². The maximum Gasteiger partial charge on any atom is 0.407 e. The molecule has 0 aliphatic carbocycles. The van der Waals surface area contributed by atoms with Crippen molar-refractivity contribution in [3.8, 4) is 0 Å². The summed E-state index contributed by atoms with van der Waals surface area (Å²) >= 11 is 0. The third-order valence-electron chi connectivity index (χ3n) is 16.6. The number of ketones is 1. The van der Waals surface area contributed by atoms with Gasteiger partial charge in [0.05, 0.1) is 89.8 Å². The number of ether oxygens (including phenoxy) is 9. The number of amides is 6. The van der Waals surface area contributed by atoms with Crippen LogP contribution in [0.2, 0.25) is 0 Å². The van der Waals surface area contributed by atoms with E-state index < -0.39 is 117 Å². The smallest absolute Gasteiger partial charge is 0.407 e. The van der Waals surface area contributed by atoms with E-state index in [4.69, 9.17) is 59.8 Å². The van der Waals surface area contributed by atoms with Crippen molar-refractivity contribution in [3.63, 3.8) is 0 Å². The van der Waals surface area contributed by atoms with E-state index in [0.717, 1.165) is 44.9 Å². The summed E-state index contributed by atoms with van der Waals surface area (Å²) in [6.45, 7) is 3.76. The van der Waals surface area contributed by atoms with E-state index in [9.17, 15) is 74.4 Å². The summed E-state index contributed by atoms with van der Waals surface area (Å²) in [6, 6.07) is -2.79. The predicted octanol–water partition coefficient (Wildman–Crippen LogP) is -1.56. The van der Waals surface area contributed by atoms with Gasteiger partial charge in [0.15, 0.2) is 18.9 Å². The van der Waals surface area contributed by atoms with Crippen molar-refractivity contribution in [3.05, 3.63) is 0 Å². The number of aliphatic hydroxyl groups excluding tert-OH is 8. The Morgan fingerprint density at radius 2 is 0.758 bits per heavy atom. The number of alkyl carbamates (subject to hydrolysis) is 3. The molecule has 95 heavy (non-hydrogen) atoms. The van der Waals surface area contributed by atoms with Crippen LogP contribution in [0.3, 0.4) is 0 Å². The Balaban J connectivity index is 1.28. The first-order chi connectivity index (χ1) is 45.6. The van der Waals surface area contributed by atoms with Crippen LogP contribution in [-0.4, -0.2) is 267 Å². The second-order valence-corrected chi connectivity index (χ2v) is 24.8. The zero-order valence-corrected chi connectivity index (χ0v) is 55.5. The third-order valence-corrected chi connectivity index (χ3v) is 16.6. The van der Waals surface area contributed by atoms with Gasteiger partial charge >= 0.3 is 18.3 Å². The molecule has 552 valence electrons. The van der Waals surface area contributed by atoms with E-state index in [1.54, 1.807) is 0 Å². The van der Waals surface area contributed by atoms with Crippen LogP contribution in [0.15, 0.2) is 0 Å². The zero-order chi connectivity index (χ0) is 69.8. The van der Waals surface area contributed by atoms with Crippen LogP contribution in [0.25, 0.3) is 0 Å². The minimum Gasteiger partial charge on any atom is -0.450 e. The highest BCUT2D eigenvalue weighted by Gasteiger charge is 2.44. The molecule has 3 fully saturated rings. The largest absolute Gasteiger partial charge is 0.450 e. The fourth-order valence-corrected chi connectivity index (χ4v) is 10.8. The van der Waals surface area contributed by atoms with Crippen LogP contribution in [0.5, 0.6) is 0 Å². The van der Waals surface area contributed by atoms with E-state index in [1.807, 2.05) is 0 Å². The highest BCUT2D eigenvalue weighted by atomic mass is 16.7. The van der Waals surface area contributed by atoms with Crippen LogP contribution in [0.1, 0.15) is 161 Å². The summed E-state index contributed by atoms with van der Waals surface area (Å²) in [5, 5.41) is 94.7. The monoisotopic (exact) mass is 1370 g/mol. The van der Waals surface area contributed by atoms with Crippen molar-refractivity contribution in [1.82, 2.24) is 31.9 Å². The van der Waals surface area contributed by atoms with Crippen molar-refractivity contribution in [2.24, 2.45) is 22.6 Å². The van der Waals surface area contributed by atoms with Crippen molar-refractivity contribution in [2.75, 3.05) is 98.7 Å². The molecule has 0 aromatic carbocycles. The number of nitrogens with one attached hydrogen (secondary N) is 6. The lowest BCUT2D eigenvalue weighted by atomic mass is 9.77. The Labute approximate surface area is 557 Å². The maximum atomic E-state index is 12.5. The molecule has 0 bridgehead atoms. The highest BCUT2D eigenvalue weighted by Crippen LogP contribution is 2.35. The van der Waals surface area contributed by atoms with E-state index >= 15 is 0 Å². The number of carbonyl (C=O) groups excluding carboxylic acids is 7. The van der Waals surface area contributed by atoms with Crippen LogP contribution in [-0.2, 0) is 61.8 Å². The molecule has 33 heteroatoms. The lowest BCUT2D eigenvalue weighted by Gasteiger charge is -2.40. The molecular weight excluding hydrogens is 1250 g/mol. The number of aliphatic hydroxyl groups is 8. The van der Waals surface area contributed by atoms with Crippen molar-refractivity contribution in [1.29, 1.82) is 0 Å². The Bertz CT molecular complexity index is 2150. The number of hydrogen-bond donors (Lipinski definition) is 17. The third kappa shape index (κ3) is 36.0. The Kier molecular flexibility index (Phi) is 44.2. The molecule has 3 aliphatic heterocycles. The summed E-state index contributed by atoms with van der Waals surface area (Å²) in [5.41, 5.74) is 17.4. The minimum atomic E-state index is -1.36. The van der Waals surface area contributed by atoms with Crippen molar-refractivity contribution in [2.45, 2.75) is 247 Å². The van der Waals surface area contributed by atoms with Gasteiger partial charge in [-0.05, 0) is 95.3 Å². The van der Waals surface area contributed by atoms with E-state index in [1.165, 1.54) is 0 Å². The molecule has 33 nitrogen and oxygen atoms in total. The molecule has 3 saturated heterocycles. The first-order valence-corrected chi connectivity index (χ1v) is 34.0. The highest BCUT2D eigenvalue weighted by molar-refractivity contribution is 5.79. The molecule has 3 aliphatic rings. The first-order valence-electron chi connectivity index (χ1n) is 34.0. The van der Waals surface area contributed by atoms with Gasteiger partial charge < -0.3 is 133 Å². The molecular formula is C62H115N9O24. The normalized spacial score (nSPS) is 25.7. The average Bonchev–Trinajstić information content (AvgIpc) is 1.12. The Hall–Kier alpha value is -4.79. The van der Waals surface area contributed by atoms with Crippen LogP contribution in [0.4, 0.5) is 14.4 Å². The van der Waals surface area contributed by atoms with E-state index in [0.29, 0.717) is 96.8 Å². The van der Waals surface area contributed by atoms with Gasteiger partial charge in [-0.3, -0.25) is 19.2 Å². The quantitative estimate of drug-likeness (QED) is 0.0242. The Morgan fingerprint density at radius 1 is 0.400 bits per heavy atom. The molecule has 20 N–H and O–H groups in total. The van der Waals surface area contributed by atoms with Gasteiger partial charge in [-0.15, -0.1) is 0 Å². The summed E-state index contributed by atoms with van der Waals surface area (Å²) in [7, 11) is 0. The molecule has 3 heterocycles. The lowest BCUT2D eigenvalue weighted by molar-refractivity contribution is -0.265. The molecule has 0 aromatic rings. The number of unbranched alkanes of at least 4 members (excludes halogenated alkanes) is 6. The van der Waals surface area contributed by atoms with Gasteiger partial charge in [-0.25, -0.2) is 14.4 Å². The molecule has 0 radical (unpaired) electrons. The fraction of sp³-hybridized carbons (Fsp3) is 0.887.